The monoisotopic (exact) mass is 284 g/mol. The van der Waals surface area contributed by atoms with Crippen LogP contribution in [-0.4, -0.2) is 13.6 Å². The fraction of sp³-hybridized carbons (Fsp3) is 0.417. The maximum Gasteiger partial charge on any atom is 0.274 e. The number of hydrogen-bond donors (Lipinski definition) is 1. The molecule has 1 unspecified atom stereocenters. The molecule has 2 heterocycles. The first kappa shape index (κ1) is 13.8. The summed E-state index contributed by atoms with van der Waals surface area (Å²) < 4.78 is 36.9. The maximum atomic E-state index is 12.1. The van der Waals surface area contributed by atoms with Gasteiger partial charge in [-0.3, -0.25) is 0 Å². The van der Waals surface area contributed by atoms with E-state index in [4.69, 9.17) is 8.94 Å². The summed E-state index contributed by atoms with van der Waals surface area (Å²) >= 11 is 0. The molecule has 2 aromatic rings. The average Bonchev–Trinajstić information content (AvgIpc) is 2.98. The Labute approximate surface area is 111 Å². The van der Waals surface area contributed by atoms with E-state index in [1.54, 1.807) is 13.8 Å². The minimum Gasteiger partial charge on any atom is -0.452 e. The van der Waals surface area contributed by atoms with Gasteiger partial charge in [-0.05, 0) is 32.4 Å². The van der Waals surface area contributed by atoms with Gasteiger partial charge in [0.25, 0.3) is 10.0 Å². The molecule has 0 saturated carbocycles. The molecule has 19 heavy (non-hydrogen) atoms. The van der Waals surface area contributed by atoms with E-state index < -0.39 is 10.0 Å². The topological polar surface area (TPSA) is 85.3 Å². The summed E-state index contributed by atoms with van der Waals surface area (Å²) in [5.41, 5.74) is 1.46. The molecule has 2 aromatic heterocycles. The van der Waals surface area contributed by atoms with Crippen LogP contribution in [0.4, 0.5) is 0 Å². The summed E-state index contributed by atoms with van der Waals surface area (Å²) in [6, 6.07) is 2.55. The molecule has 0 amide bonds. The Bertz CT molecular complexity index is 624. The number of furan rings is 1. The van der Waals surface area contributed by atoms with Crippen molar-refractivity contribution in [2.45, 2.75) is 38.3 Å². The van der Waals surface area contributed by atoms with E-state index in [0.717, 1.165) is 5.56 Å². The molecule has 7 heteroatoms. The Morgan fingerprint density at radius 2 is 2.16 bits per heavy atom. The highest BCUT2D eigenvalue weighted by atomic mass is 32.2. The maximum absolute atomic E-state index is 12.1. The quantitative estimate of drug-likeness (QED) is 0.910. The van der Waals surface area contributed by atoms with Crippen LogP contribution in [-0.2, 0) is 10.0 Å². The van der Waals surface area contributed by atoms with Gasteiger partial charge in [0, 0.05) is 5.56 Å². The van der Waals surface area contributed by atoms with Gasteiger partial charge in [-0.15, -0.1) is 0 Å². The van der Waals surface area contributed by atoms with Crippen LogP contribution in [0.15, 0.2) is 32.4 Å². The normalized spacial score (nSPS) is 13.6. The lowest BCUT2D eigenvalue weighted by Gasteiger charge is -2.15. The highest BCUT2D eigenvalue weighted by Crippen LogP contribution is 2.25. The van der Waals surface area contributed by atoms with Crippen LogP contribution in [0.2, 0.25) is 0 Å². The zero-order chi connectivity index (χ0) is 14.0. The molecule has 0 spiro atoms. The van der Waals surface area contributed by atoms with E-state index in [-0.39, 0.29) is 11.1 Å². The van der Waals surface area contributed by atoms with Gasteiger partial charge < -0.3 is 8.94 Å². The first-order valence-corrected chi connectivity index (χ1v) is 7.42. The molecule has 0 saturated heterocycles. The highest BCUT2D eigenvalue weighted by Gasteiger charge is 2.26. The Morgan fingerprint density at radius 1 is 1.42 bits per heavy atom. The summed E-state index contributed by atoms with van der Waals surface area (Å²) in [6.45, 7) is 5.44. The van der Waals surface area contributed by atoms with Crippen molar-refractivity contribution in [1.29, 1.82) is 0 Å². The predicted molar refractivity (Wildman–Crippen MR) is 68.0 cm³/mol. The average molecular weight is 284 g/mol. The molecule has 0 bridgehead atoms. The van der Waals surface area contributed by atoms with Gasteiger partial charge in [0.2, 0.25) is 5.09 Å². The fourth-order valence-electron chi connectivity index (χ4n) is 2.00. The summed E-state index contributed by atoms with van der Waals surface area (Å²) in [6.07, 6.45) is 1.91. The molecule has 0 aliphatic heterocycles. The lowest BCUT2D eigenvalue weighted by Crippen LogP contribution is -2.28. The molecule has 0 aliphatic carbocycles. The Morgan fingerprint density at radius 3 is 2.63 bits per heavy atom. The van der Waals surface area contributed by atoms with Crippen LogP contribution >= 0.6 is 0 Å². The van der Waals surface area contributed by atoms with Gasteiger partial charge in [-0.25, -0.2) is 13.1 Å². The summed E-state index contributed by atoms with van der Waals surface area (Å²) in [5.74, 6) is 0.617. The van der Waals surface area contributed by atoms with Crippen LogP contribution in [0.1, 0.15) is 36.4 Å². The molecule has 1 N–H and O–H groups in total. The highest BCUT2D eigenvalue weighted by molar-refractivity contribution is 7.89. The van der Waals surface area contributed by atoms with Crippen molar-refractivity contribution in [3.63, 3.8) is 0 Å². The number of sulfonamides is 1. The molecule has 0 radical (unpaired) electrons. The fourth-order valence-corrected chi connectivity index (χ4v) is 3.21. The van der Waals surface area contributed by atoms with E-state index in [1.165, 1.54) is 18.4 Å². The Hall–Kier alpha value is -1.60. The van der Waals surface area contributed by atoms with Crippen molar-refractivity contribution in [3.05, 3.63) is 35.4 Å². The van der Waals surface area contributed by atoms with E-state index in [9.17, 15) is 8.42 Å². The molecule has 0 aliphatic rings. The Balaban J connectivity index is 2.31. The molecule has 2 rings (SSSR count). The van der Waals surface area contributed by atoms with Crippen molar-refractivity contribution in [1.82, 2.24) is 9.88 Å². The Kier molecular flexibility index (Phi) is 3.77. The second kappa shape index (κ2) is 5.18. The molecule has 104 valence electrons. The van der Waals surface area contributed by atoms with Crippen molar-refractivity contribution in [2.24, 2.45) is 0 Å². The van der Waals surface area contributed by atoms with Crippen molar-refractivity contribution in [2.75, 3.05) is 0 Å². The molecular formula is C12H16N2O4S. The summed E-state index contributed by atoms with van der Waals surface area (Å²) in [5, 5.41) is 3.75. The van der Waals surface area contributed by atoms with Crippen LogP contribution < -0.4 is 4.72 Å². The van der Waals surface area contributed by atoms with Gasteiger partial charge >= 0.3 is 0 Å². The van der Waals surface area contributed by atoms with Crippen molar-refractivity contribution < 1.29 is 17.4 Å². The number of rotatable bonds is 5. The predicted octanol–water partition coefficient (Wildman–Crippen LogP) is 2.31. The van der Waals surface area contributed by atoms with Crippen LogP contribution in [0.25, 0.3) is 0 Å². The van der Waals surface area contributed by atoms with E-state index in [0.29, 0.717) is 17.9 Å². The first-order valence-electron chi connectivity index (χ1n) is 5.94. The summed E-state index contributed by atoms with van der Waals surface area (Å²) in [7, 11) is -3.67. The molecule has 6 nitrogen and oxygen atoms in total. The van der Waals surface area contributed by atoms with Gasteiger partial charge in [0.15, 0.2) is 0 Å². The molecule has 0 fully saturated rings. The van der Waals surface area contributed by atoms with Gasteiger partial charge in [-0.1, -0.05) is 12.1 Å². The molecule has 1 atom stereocenters. The SMILES string of the molecule is CCC(NS(=O)(=O)c1ccco1)c1c(C)noc1C. The summed E-state index contributed by atoms with van der Waals surface area (Å²) in [4.78, 5) is 0. The standard InChI is InChI=1S/C12H16N2O4S/c1-4-10(12-8(2)13-18-9(12)3)14-19(15,16)11-6-5-7-17-11/h5-7,10,14H,4H2,1-3H3. The van der Waals surface area contributed by atoms with Crippen molar-refractivity contribution >= 4 is 10.0 Å². The van der Waals surface area contributed by atoms with Gasteiger partial charge in [0.1, 0.15) is 5.76 Å². The zero-order valence-corrected chi connectivity index (χ0v) is 11.8. The number of nitrogens with one attached hydrogen (secondary N) is 1. The van der Waals surface area contributed by atoms with E-state index in [2.05, 4.69) is 9.88 Å². The number of nitrogens with zero attached hydrogens (tertiary/aromatic N) is 1. The lowest BCUT2D eigenvalue weighted by atomic mass is 10.0. The van der Waals surface area contributed by atoms with Crippen LogP contribution in [0.5, 0.6) is 0 Å². The van der Waals surface area contributed by atoms with E-state index in [1.807, 2.05) is 6.92 Å². The molecule has 0 aromatic carbocycles. The molecular weight excluding hydrogens is 268 g/mol. The van der Waals surface area contributed by atoms with E-state index >= 15 is 0 Å². The smallest absolute Gasteiger partial charge is 0.274 e. The second-order valence-corrected chi connectivity index (χ2v) is 5.90. The largest absolute Gasteiger partial charge is 0.452 e. The van der Waals surface area contributed by atoms with Crippen molar-refractivity contribution in [3.8, 4) is 0 Å². The zero-order valence-electron chi connectivity index (χ0n) is 11.0. The van der Waals surface area contributed by atoms with Crippen LogP contribution in [0.3, 0.4) is 0 Å². The third-order valence-electron chi connectivity index (χ3n) is 2.90. The number of aryl methyl sites for hydroxylation is 2. The number of hydrogen-bond acceptors (Lipinski definition) is 5. The minimum absolute atomic E-state index is 0.0993. The second-order valence-electron chi connectivity index (χ2n) is 4.25. The van der Waals surface area contributed by atoms with Crippen LogP contribution in [0, 0.1) is 13.8 Å². The third-order valence-corrected chi connectivity index (χ3v) is 4.26. The van der Waals surface area contributed by atoms with Gasteiger partial charge in [-0.2, -0.15) is 0 Å². The lowest BCUT2D eigenvalue weighted by molar-refractivity contribution is 0.390. The minimum atomic E-state index is -3.67. The van der Waals surface area contributed by atoms with Gasteiger partial charge in [0.05, 0.1) is 18.0 Å². The first-order chi connectivity index (χ1) is 8.95. The third kappa shape index (κ3) is 2.71. The number of aromatic nitrogens is 1.